The number of nitrogens with one attached hydrogen (secondary N) is 1. The lowest BCUT2D eigenvalue weighted by Crippen LogP contribution is -2.27. The van der Waals surface area contributed by atoms with Crippen molar-refractivity contribution in [3.63, 3.8) is 0 Å². The van der Waals surface area contributed by atoms with Crippen LogP contribution < -0.4 is 15.6 Å². The summed E-state index contributed by atoms with van der Waals surface area (Å²) in [6.45, 7) is 2.36. The molecule has 1 aromatic heterocycles. The third-order valence-electron chi connectivity index (χ3n) is 3.15. The maximum Gasteiger partial charge on any atom is 0.250 e. The highest BCUT2D eigenvalue weighted by Gasteiger charge is 1.97. The summed E-state index contributed by atoms with van der Waals surface area (Å²) in [6, 6.07) is 13.3. The fraction of sp³-hybridized carbons (Fsp3) is 0.312. The minimum atomic E-state index is 0.0436. The van der Waals surface area contributed by atoms with E-state index in [1.54, 1.807) is 23.8 Å². The zero-order valence-corrected chi connectivity index (χ0v) is 11.7. The molecule has 0 radical (unpaired) electrons. The third-order valence-corrected chi connectivity index (χ3v) is 3.15. The van der Waals surface area contributed by atoms with E-state index in [9.17, 15) is 4.79 Å². The normalized spacial score (nSPS) is 10.4. The van der Waals surface area contributed by atoms with Crippen molar-refractivity contribution in [2.45, 2.75) is 13.0 Å². The average Bonchev–Trinajstić information content (AvgIpc) is 2.49. The molecule has 0 saturated carbocycles. The van der Waals surface area contributed by atoms with Crippen LogP contribution in [0.3, 0.4) is 0 Å². The van der Waals surface area contributed by atoms with Gasteiger partial charge in [0, 0.05) is 25.4 Å². The van der Waals surface area contributed by atoms with Gasteiger partial charge in [-0.3, -0.25) is 4.79 Å². The van der Waals surface area contributed by atoms with Gasteiger partial charge in [0.25, 0.3) is 5.56 Å². The smallest absolute Gasteiger partial charge is 0.250 e. The minimum Gasteiger partial charge on any atom is -0.497 e. The van der Waals surface area contributed by atoms with Gasteiger partial charge in [0.2, 0.25) is 0 Å². The number of pyridine rings is 1. The number of nitrogens with zero attached hydrogens (tertiary/aromatic N) is 1. The number of rotatable bonds is 7. The molecule has 20 heavy (non-hydrogen) atoms. The van der Waals surface area contributed by atoms with Crippen LogP contribution in [0.4, 0.5) is 0 Å². The molecule has 0 amide bonds. The lowest BCUT2D eigenvalue weighted by atomic mass is 10.1. The van der Waals surface area contributed by atoms with Crippen LogP contribution in [0.2, 0.25) is 0 Å². The summed E-state index contributed by atoms with van der Waals surface area (Å²) in [5.41, 5.74) is 1.29. The maximum absolute atomic E-state index is 11.5. The van der Waals surface area contributed by atoms with Gasteiger partial charge in [0.05, 0.1) is 7.11 Å². The molecule has 0 atom stereocenters. The molecule has 4 nitrogen and oxygen atoms in total. The number of hydrogen-bond donors (Lipinski definition) is 1. The largest absolute Gasteiger partial charge is 0.497 e. The van der Waals surface area contributed by atoms with Crippen molar-refractivity contribution >= 4 is 0 Å². The van der Waals surface area contributed by atoms with E-state index < -0.39 is 0 Å². The Hall–Kier alpha value is -2.07. The molecule has 2 rings (SSSR count). The van der Waals surface area contributed by atoms with Crippen LogP contribution in [0.1, 0.15) is 5.56 Å². The molecule has 1 aromatic carbocycles. The van der Waals surface area contributed by atoms with Crippen molar-refractivity contribution in [3.05, 3.63) is 64.6 Å². The molecule has 0 spiro atoms. The summed E-state index contributed by atoms with van der Waals surface area (Å²) < 4.78 is 6.90. The van der Waals surface area contributed by atoms with Crippen molar-refractivity contribution < 1.29 is 4.74 Å². The van der Waals surface area contributed by atoms with Gasteiger partial charge in [0.15, 0.2) is 0 Å². The molecule has 0 saturated heterocycles. The van der Waals surface area contributed by atoms with Crippen molar-refractivity contribution in [2.75, 3.05) is 20.2 Å². The van der Waals surface area contributed by atoms with E-state index in [-0.39, 0.29) is 5.56 Å². The molecule has 0 bridgehead atoms. The van der Waals surface area contributed by atoms with Crippen LogP contribution in [0, 0.1) is 0 Å². The molecule has 0 unspecified atom stereocenters. The Bertz CT molecular complexity index is 593. The van der Waals surface area contributed by atoms with Gasteiger partial charge < -0.3 is 14.6 Å². The fourth-order valence-corrected chi connectivity index (χ4v) is 2.03. The lowest BCUT2D eigenvalue weighted by Gasteiger charge is -2.08. The Balaban J connectivity index is 1.71. The number of ether oxygens (including phenoxy) is 1. The standard InChI is InChI=1S/C16H20N2O2/c1-20-15-6-4-5-14(13-15)8-9-17-10-12-18-11-3-2-7-16(18)19/h2-7,11,13,17H,8-10,12H2,1H3. The van der Waals surface area contributed by atoms with Gasteiger partial charge >= 0.3 is 0 Å². The highest BCUT2D eigenvalue weighted by molar-refractivity contribution is 5.28. The molecule has 4 heteroatoms. The van der Waals surface area contributed by atoms with Crippen LogP contribution >= 0.6 is 0 Å². The van der Waals surface area contributed by atoms with Gasteiger partial charge in [-0.05, 0) is 36.7 Å². The molecule has 0 aliphatic carbocycles. The van der Waals surface area contributed by atoms with Gasteiger partial charge in [-0.15, -0.1) is 0 Å². The van der Waals surface area contributed by atoms with E-state index in [1.807, 2.05) is 30.5 Å². The number of aromatic nitrogens is 1. The first kappa shape index (κ1) is 14.3. The highest BCUT2D eigenvalue weighted by atomic mass is 16.5. The fourth-order valence-electron chi connectivity index (χ4n) is 2.03. The molecule has 1 heterocycles. The average molecular weight is 272 g/mol. The number of benzene rings is 1. The van der Waals surface area contributed by atoms with E-state index in [0.29, 0.717) is 6.54 Å². The van der Waals surface area contributed by atoms with E-state index >= 15 is 0 Å². The Labute approximate surface area is 119 Å². The zero-order valence-electron chi connectivity index (χ0n) is 11.7. The monoisotopic (exact) mass is 272 g/mol. The Morgan fingerprint density at radius 3 is 2.85 bits per heavy atom. The maximum atomic E-state index is 11.5. The minimum absolute atomic E-state index is 0.0436. The third kappa shape index (κ3) is 4.24. The first-order chi connectivity index (χ1) is 9.79. The quantitative estimate of drug-likeness (QED) is 0.780. The van der Waals surface area contributed by atoms with Crippen LogP contribution in [0.25, 0.3) is 0 Å². The van der Waals surface area contributed by atoms with Gasteiger partial charge in [-0.1, -0.05) is 18.2 Å². The zero-order chi connectivity index (χ0) is 14.2. The molecule has 0 fully saturated rings. The van der Waals surface area contributed by atoms with Crippen molar-refractivity contribution in [1.82, 2.24) is 9.88 Å². The first-order valence-corrected chi connectivity index (χ1v) is 6.79. The SMILES string of the molecule is COc1cccc(CCNCCn2ccccc2=O)c1. The summed E-state index contributed by atoms with van der Waals surface area (Å²) in [5, 5.41) is 3.35. The second-order valence-electron chi connectivity index (χ2n) is 4.58. The van der Waals surface area contributed by atoms with Crippen molar-refractivity contribution in [3.8, 4) is 5.75 Å². The van der Waals surface area contributed by atoms with Crippen molar-refractivity contribution in [1.29, 1.82) is 0 Å². The highest BCUT2D eigenvalue weighted by Crippen LogP contribution is 2.12. The summed E-state index contributed by atoms with van der Waals surface area (Å²) >= 11 is 0. The van der Waals surface area contributed by atoms with Crippen LogP contribution in [-0.2, 0) is 13.0 Å². The number of hydrogen-bond acceptors (Lipinski definition) is 3. The Morgan fingerprint density at radius 2 is 2.05 bits per heavy atom. The van der Waals surface area contributed by atoms with Crippen LogP contribution in [-0.4, -0.2) is 24.8 Å². The summed E-state index contributed by atoms with van der Waals surface area (Å²) in [5.74, 6) is 0.887. The second kappa shape index (κ2) is 7.50. The van der Waals surface area contributed by atoms with Gasteiger partial charge in [0.1, 0.15) is 5.75 Å². The molecule has 0 aliphatic heterocycles. The summed E-state index contributed by atoms with van der Waals surface area (Å²) in [6.07, 6.45) is 2.76. The Kier molecular flexibility index (Phi) is 5.38. The van der Waals surface area contributed by atoms with Crippen LogP contribution in [0.5, 0.6) is 5.75 Å². The first-order valence-electron chi connectivity index (χ1n) is 6.79. The second-order valence-corrected chi connectivity index (χ2v) is 4.58. The van der Waals surface area contributed by atoms with Crippen molar-refractivity contribution in [2.24, 2.45) is 0 Å². The topological polar surface area (TPSA) is 43.3 Å². The predicted molar refractivity (Wildman–Crippen MR) is 80.3 cm³/mol. The Morgan fingerprint density at radius 1 is 1.15 bits per heavy atom. The molecule has 2 aromatic rings. The molecule has 0 aliphatic rings. The van der Waals surface area contributed by atoms with Gasteiger partial charge in [-0.25, -0.2) is 0 Å². The molecular weight excluding hydrogens is 252 g/mol. The molecule has 1 N–H and O–H groups in total. The van der Waals surface area contributed by atoms with E-state index in [2.05, 4.69) is 11.4 Å². The van der Waals surface area contributed by atoms with Crippen LogP contribution in [0.15, 0.2) is 53.5 Å². The molecule has 106 valence electrons. The summed E-state index contributed by atoms with van der Waals surface area (Å²) in [4.78, 5) is 11.5. The van der Waals surface area contributed by atoms with Gasteiger partial charge in [-0.2, -0.15) is 0 Å². The number of methoxy groups -OCH3 is 1. The molecular formula is C16H20N2O2. The predicted octanol–water partition coefficient (Wildman–Crippen LogP) is 1.69. The van der Waals surface area contributed by atoms with E-state index in [0.717, 1.165) is 25.3 Å². The lowest BCUT2D eigenvalue weighted by molar-refractivity contribution is 0.414. The van der Waals surface area contributed by atoms with E-state index in [4.69, 9.17) is 4.74 Å². The van der Waals surface area contributed by atoms with E-state index in [1.165, 1.54) is 5.56 Å². The summed E-state index contributed by atoms with van der Waals surface area (Å²) in [7, 11) is 1.68.